The van der Waals surface area contributed by atoms with Crippen LogP contribution in [0, 0.1) is 0 Å². The maximum Gasteiger partial charge on any atom is 0.0791 e. The normalized spacial score (nSPS) is 12.0. The predicted octanol–water partition coefficient (Wildman–Crippen LogP) is 4.32. The Balaban J connectivity index is 2.49. The van der Waals surface area contributed by atoms with E-state index in [2.05, 4.69) is 56.0 Å². The molecule has 3 heteroatoms. The van der Waals surface area contributed by atoms with Crippen LogP contribution in [0.25, 0.3) is 10.6 Å². The van der Waals surface area contributed by atoms with E-state index in [9.17, 15) is 0 Å². The zero-order valence-corrected chi connectivity index (χ0v) is 11.8. The van der Waals surface area contributed by atoms with Crippen LogP contribution in [0.2, 0.25) is 0 Å². The predicted molar refractivity (Wildman–Crippen MR) is 74.5 cm³/mol. The van der Waals surface area contributed by atoms with Crippen molar-refractivity contribution in [3.8, 4) is 10.6 Å². The number of thiophene rings is 1. The van der Waals surface area contributed by atoms with E-state index in [-0.39, 0.29) is 5.54 Å². The van der Waals surface area contributed by atoms with Crippen molar-refractivity contribution in [1.29, 1.82) is 0 Å². The summed E-state index contributed by atoms with van der Waals surface area (Å²) in [5.74, 6) is 0. The van der Waals surface area contributed by atoms with Crippen molar-refractivity contribution in [2.24, 2.45) is 0 Å². The van der Waals surface area contributed by atoms with Gasteiger partial charge in [-0.05, 0) is 44.7 Å². The second kappa shape index (κ2) is 4.65. The summed E-state index contributed by atoms with van der Waals surface area (Å²) in [5, 5.41) is 6.87. The minimum absolute atomic E-state index is 0.0331. The number of aryl methyl sites for hydroxylation is 1. The number of rotatable bonds is 3. The van der Waals surface area contributed by atoms with Crippen LogP contribution in [0.5, 0.6) is 0 Å². The van der Waals surface area contributed by atoms with E-state index in [1.165, 1.54) is 16.3 Å². The summed E-state index contributed by atoms with van der Waals surface area (Å²) < 4.78 is 2.16. The largest absolute Gasteiger partial charge is 0.259 e. The number of nitrogens with zero attached hydrogens (tertiary/aromatic N) is 2. The SMILES string of the molecule is CCCc1cc(-c2cccs2)n(C(C)(C)C)n1. The molecular weight excluding hydrogens is 228 g/mol. The molecule has 0 saturated carbocycles. The zero-order valence-electron chi connectivity index (χ0n) is 11.0. The highest BCUT2D eigenvalue weighted by atomic mass is 32.1. The third-order valence-electron chi connectivity index (χ3n) is 2.68. The highest BCUT2D eigenvalue weighted by molar-refractivity contribution is 7.13. The van der Waals surface area contributed by atoms with Crippen LogP contribution in [-0.2, 0) is 12.0 Å². The minimum Gasteiger partial charge on any atom is -0.259 e. The lowest BCUT2D eigenvalue weighted by Gasteiger charge is -2.22. The van der Waals surface area contributed by atoms with Gasteiger partial charge in [0.25, 0.3) is 0 Å². The molecule has 0 amide bonds. The number of aromatic nitrogens is 2. The molecule has 0 spiro atoms. The maximum atomic E-state index is 4.75. The standard InChI is InChI=1S/C14H20N2S/c1-5-7-11-10-12(13-8-6-9-17-13)16(15-11)14(2,3)4/h6,8-10H,5,7H2,1-4H3. The molecule has 2 aromatic heterocycles. The average Bonchev–Trinajstić information content (AvgIpc) is 2.82. The molecule has 0 fully saturated rings. The van der Waals surface area contributed by atoms with Gasteiger partial charge in [0.05, 0.1) is 21.8 Å². The third-order valence-corrected chi connectivity index (χ3v) is 3.57. The molecule has 17 heavy (non-hydrogen) atoms. The Hall–Kier alpha value is -1.09. The Labute approximate surface area is 107 Å². The fourth-order valence-corrected chi connectivity index (χ4v) is 2.65. The molecule has 0 aliphatic carbocycles. The van der Waals surface area contributed by atoms with Gasteiger partial charge in [-0.15, -0.1) is 11.3 Å². The zero-order chi connectivity index (χ0) is 12.5. The highest BCUT2D eigenvalue weighted by Crippen LogP contribution is 2.30. The monoisotopic (exact) mass is 248 g/mol. The van der Waals surface area contributed by atoms with E-state index in [1.54, 1.807) is 11.3 Å². The van der Waals surface area contributed by atoms with E-state index in [0.29, 0.717) is 0 Å². The van der Waals surface area contributed by atoms with Crippen LogP contribution in [0.4, 0.5) is 0 Å². The van der Waals surface area contributed by atoms with Crippen molar-refractivity contribution in [3.05, 3.63) is 29.3 Å². The Bertz CT molecular complexity index is 475. The summed E-state index contributed by atoms with van der Waals surface area (Å²) in [6, 6.07) is 6.50. The van der Waals surface area contributed by atoms with Crippen LogP contribution in [0.3, 0.4) is 0 Å². The average molecular weight is 248 g/mol. The second-order valence-corrected chi connectivity index (χ2v) is 6.28. The van der Waals surface area contributed by atoms with Crippen molar-refractivity contribution >= 4 is 11.3 Å². The Morgan fingerprint density at radius 2 is 2.12 bits per heavy atom. The van der Waals surface area contributed by atoms with Crippen molar-refractivity contribution in [3.63, 3.8) is 0 Å². The van der Waals surface area contributed by atoms with Crippen LogP contribution in [-0.4, -0.2) is 9.78 Å². The van der Waals surface area contributed by atoms with Gasteiger partial charge in [-0.3, -0.25) is 4.68 Å². The lowest BCUT2D eigenvalue weighted by Crippen LogP contribution is -2.24. The molecule has 0 unspecified atom stereocenters. The van der Waals surface area contributed by atoms with Gasteiger partial charge in [0.15, 0.2) is 0 Å². The fourth-order valence-electron chi connectivity index (χ4n) is 1.92. The Morgan fingerprint density at radius 3 is 2.65 bits per heavy atom. The van der Waals surface area contributed by atoms with E-state index >= 15 is 0 Å². The molecular formula is C14H20N2S. The van der Waals surface area contributed by atoms with E-state index in [1.807, 2.05) is 0 Å². The smallest absolute Gasteiger partial charge is 0.0791 e. The minimum atomic E-state index is 0.0331. The Kier molecular flexibility index (Phi) is 3.38. The van der Waals surface area contributed by atoms with E-state index in [4.69, 9.17) is 5.10 Å². The van der Waals surface area contributed by atoms with Gasteiger partial charge >= 0.3 is 0 Å². The summed E-state index contributed by atoms with van der Waals surface area (Å²) in [6.07, 6.45) is 2.20. The number of hydrogen-bond acceptors (Lipinski definition) is 2. The first-order valence-corrected chi connectivity index (χ1v) is 7.03. The first-order chi connectivity index (χ1) is 8.02. The van der Waals surface area contributed by atoms with Crippen LogP contribution < -0.4 is 0 Å². The van der Waals surface area contributed by atoms with Gasteiger partial charge in [0.2, 0.25) is 0 Å². The van der Waals surface area contributed by atoms with Gasteiger partial charge in [-0.25, -0.2) is 0 Å². The molecule has 2 aromatic rings. The highest BCUT2D eigenvalue weighted by Gasteiger charge is 2.20. The first kappa shape index (κ1) is 12.4. The number of hydrogen-bond donors (Lipinski definition) is 0. The third kappa shape index (κ3) is 2.60. The second-order valence-electron chi connectivity index (χ2n) is 5.33. The van der Waals surface area contributed by atoms with Gasteiger partial charge in [0, 0.05) is 0 Å². The van der Waals surface area contributed by atoms with E-state index in [0.717, 1.165) is 12.8 Å². The fraction of sp³-hybridized carbons (Fsp3) is 0.500. The van der Waals surface area contributed by atoms with Crippen LogP contribution in [0.1, 0.15) is 39.8 Å². The van der Waals surface area contributed by atoms with Gasteiger partial charge in [0.1, 0.15) is 0 Å². The molecule has 2 heterocycles. The van der Waals surface area contributed by atoms with Crippen molar-refractivity contribution < 1.29 is 0 Å². The molecule has 2 rings (SSSR count). The summed E-state index contributed by atoms with van der Waals surface area (Å²) in [7, 11) is 0. The molecule has 92 valence electrons. The molecule has 0 radical (unpaired) electrons. The maximum absolute atomic E-state index is 4.75. The molecule has 0 aliphatic rings. The quantitative estimate of drug-likeness (QED) is 0.791. The molecule has 0 saturated heterocycles. The van der Waals surface area contributed by atoms with Gasteiger partial charge < -0.3 is 0 Å². The van der Waals surface area contributed by atoms with Crippen molar-refractivity contribution in [1.82, 2.24) is 9.78 Å². The summed E-state index contributed by atoms with van der Waals surface area (Å²) in [5.41, 5.74) is 2.48. The van der Waals surface area contributed by atoms with Crippen LogP contribution in [0.15, 0.2) is 23.6 Å². The summed E-state index contributed by atoms with van der Waals surface area (Å²) in [4.78, 5) is 1.30. The van der Waals surface area contributed by atoms with Crippen molar-refractivity contribution in [2.45, 2.75) is 46.1 Å². The van der Waals surface area contributed by atoms with E-state index < -0.39 is 0 Å². The van der Waals surface area contributed by atoms with Gasteiger partial charge in [-0.2, -0.15) is 5.10 Å². The van der Waals surface area contributed by atoms with Crippen LogP contribution >= 0.6 is 11.3 Å². The molecule has 0 N–H and O–H groups in total. The summed E-state index contributed by atoms with van der Waals surface area (Å²) >= 11 is 1.78. The molecule has 0 atom stereocenters. The molecule has 0 bridgehead atoms. The van der Waals surface area contributed by atoms with Gasteiger partial charge in [-0.1, -0.05) is 19.4 Å². The molecule has 0 aliphatic heterocycles. The lowest BCUT2D eigenvalue weighted by molar-refractivity contribution is 0.358. The lowest BCUT2D eigenvalue weighted by atomic mass is 10.1. The first-order valence-electron chi connectivity index (χ1n) is 6.15. The Morgan fingerprint density at radius 1 is 1.35 bits per heavy atom. The van der Waals surface area contributed by atoms with Crippen molar-refractivity contribution in [2.75, 3.05) is 0 Å². The summed E-state index contributed by atoms with van der Waals surface area (Å²) in [6.45, 7) is 8.80. The molecule has 2 nitrogen and oxygen atoms in total. The molecule has 0 aromatic carbocycles. The topological polar surface area (TPSA) is 17.8 Å².